The molecule has 1 aromatic heterocycles. The van der Waals surface area contributed by atoms with E-state index in [4.69, 9.17) is 14.8 Å². The number of rotatable bonds is 6. The summed E-state index contributed by atoms with van der Waals surface area (Å²) in [6.07, 6.45) is 5.36. The Bertz CT molecular complexity index is 822. The van der Waals surface area contributed by atoms with E-state index in [2.05, 4.69) is 45.9 Å². The summed E-state index contributed by atoms with van der Waals surface area (Å²) in [5.41, 5.74) is 2.19. The van der Waals surface area contributed by atoms with Crippen molar-refractivity contribution in [2.75, 3.05) is 44.3 Å². The SMILES string of the molecule is CCOCCN1N=C(C(C)C)C2C1=CN=C(N1CCN[C@@H](C)C1)N2c1ccncn1. The second-order valence-corrected chi connectivity index (χ2v) is 8.12. The third-order valence-electron chi connectivity index (χ3n) is 5.59. The molecule has 2 atom stereocenters. The number of fused-ring (bicyclic) bond motifs is 1. The van der Waals surface area contributed by atoms with Crippen LogP contribution in [0.1, 0.15) is 27.7 Å². The molecule has 0 saturated carbocycles. The molecule has 30 heavy (non-hydrogen) atoms. The number of nitrogens with zero attached hydrogens (tertiary/aromatic N) is 7. The summed E-state index contributed by atoms with van der Waals surface area (Å²) in [6, 6.07) is 2.33. The standard InChI is InChI=1S/C21H32N8O/c1-5-30-11-10-28-17-12-24-21(27-9-8-23-16(4)13-27)29(18-6-7-22-14-25-18)20(17)19(26-28)15(2)3/h6-7,12,14-16,20,23H,5,8-11,13H2,1-4H3/t16-,20?/m0/s1. The van der Waals surface area contributed by atoms with Crippen molar-refractivity contribution in [3.8, 4) is 0 Å². The van der Waals surface area contributed by atoms with Crippen molar-refractivity contribution in [3.63, 3.8) is 0 Å². The second-order valence-electron chi connectivity index (χ2n) is 8.12. The summed E-state index contributed by atoms with van der Waals surface area (Å²) in [7, 11) is 0. The van der Waals surface area contributed by atoms with E-state index in [1.165, 1.54) is 0 Å². The Labute approximate surface area is 178 Å². The zero-order valence-electron chi connectivity index (χ0n) is 18.3. The van der Waals surface area contributed by atoms with Gasteiger partial charge in [0.2, 0.25) is 5.96 Å². The van der Waals surface area contributed by atoms with Gasteiger partial charge in [-0.25, -0.2) is 15.0 Å². The lowest BCUT2D eigenvalue weighted by atomic mass is 9.97. The number of aromatic nitrogens is 2. The van der Waals surface area contributed by atoms with Crippen LogP contribution in [0, 0.1) is 5.92 Å². The van der Waals surface area contributed by atoms with Gasteiger partial charge in [0.05, 0.1) is 30.8 Å². The van der Waals surface area contributed by atoms with Gasteiger partial charge in [0.1, 0.15) is 18.2 Å². The summed E-state index contributed by atoms with van der Waals surface area (Å²) in [4.78, 5) is 18.2. The Balaban J connectivity index is 1.73. The molecule has 3 aliphatic rings. The fourth-order valence-corrected chi connectivity index (χ4v) is 4.16. The highest BCUT2D eigenvalue weighted by Gasteiger charge is 2.44. The largest absolute Gasteiger partial charge is 0.380 e. The van der Waals surface area contributed by atoms with E-state index < -0.39 is 0 Å². The fourth-order valence-electron chi connectivity index (χ4n) is 4.16. The van der Waals surface area contributed by atoms with Gasteiger partial charge < -0.3 is 15.0 Å². The Kier molecular flexibility index (Phi) is 6.29. The number of piperazine rings is 1. The number of guanidine groups is 1. The molecular weight excluding hydrogens is 380 g/mol. The van der Waals surface area contributed by atoms with Crippen LogP contribution in [-0.4, -0.2) is 83.0 Å². The number of hydrazone groups is 1. The average Bonchev–Trinajstić information content (AvgIpc) is 3.13. The van der Waals surface area contributed by atoms with Crippen molar-refractivity contribution >= 4 is 17.5 Å². The van der Waals surface area contributed by atoms with E-state index in [0.717, 1.165) is 42.8 Å². The van der Waals surface area contributed by atoms with Gasteiger partial charge >= 0.3 is 0 Å². The molecule has 0 amide bonds. The van der Waals surface area contributed by atoms with Crippen molar-refractivity contribution in [1.82, 2.24) is 25.2 Å². The predicted octanol–water partition coefficient (Wildman–Crippen LogP) is 1.52. The average molecular weight is 413 g/mol. The third kappa shape index (κ3) is 4.04. The molecule has 0 radical (unpaired) electrons. The van der Waals surface area contributed by atoms with Crippen molar-refractivity contribution in [2.45, 2.75) is 39.8 Å². The minimum Gasteiger partial charge on any atom is -0.380 e. The van der Waals surface area contributed by atoms with Crippen molar-refractivity contribution < 1.29 is 4.74 Å². The minimum atomic E-state index is -0.0285. The van der Waals surface area contributed by atoms with E-state index in [-0.39, 0.29) is 6.04 Å². The number of hydrogen-bond donors (Lipinski definition) is 1. The van der Waals surface area contributed by atoms with Crippen LogP contribution in [0.2, 0.25) is 0 Å². The van der Waals surface area contributed by atoms with Crippen LogP contribution >= 0.6 is 0 Å². The first-order valence-electron chi connectivity index (χ1n) is 10.8. The smallest absolute Gasteiger partial charge is 0.208 e. The van der Waals surface area contributed by atoms with Gasteiger partial charge in [-0.05, 0) is 25.8 Å². The first-order valence-corrected chi connectivity index (χ1v) is 10.8. The maximum atomic E-state index is 5.59. The molecule has 0 aliphatic carbocycles. The highest BCUT2D eigenvalue weighted by molar-refractivity contribution is 6.08. The van der Waals surface area contributed by atoms with Crippen molar-refractivity contribution in [3.05, 3.63) is 30.5 Å². The number of aliphatic imine (C=N–C) groups is 1. The first kappa shape index (κ1) is 20.7. The number of ether oxygens (including phenoxy) is 1. The van der Waals surface area contributed by atoms with Crippen LogP contribution in [0.5, 0.6) is 0 Å². The van der Waals surface area contributed by atoms with E-state index in [1.807, 2.05) is 24.2 Å². The van der Waals surface area contributed by atoms with Gasteiger partial charge in [0.25, 0.3) is 0 Å². The normalized spacial score (nSPS) is 24.0. The number of anilines is 1. The maximum Gasteiger partial charge on any atom is 0.208 e. The molecule has 0 spiro atoms. The van der Waals surface area contributed by atoms with Gasteiger partial charge in [0.15, 0.2) is 0 Å². The molecule has 4 heterocycles. The summed E-state index contributed by atoms with van der Waals surface area (Å²) in [5, 5.41) is 10.5. The van der Waals surface area contributed by atoms with Crippen LogP contribution in [-0.2, 0) is 4.74 Å². The Morgan fingerprint density at radius 3 is 2.90 bits per heavy atom. The van der Waals surface area contributed by atoms with Gasteiger partial charge in [-0.1, -0.05) is 13.8 Å². The molecule has 4 rings (SSSR count). The topological polar surface area (TPSA) is 81.5 Å². The van der Waals surface area contributed by atoms with Crippen LogP contribution in [0.15, 0.2) is 40.6 Å². The zero-order valence-corrected chi connectivity index (χ0v) is 18.3. The second kappa shape index (κ2) is 9.09. The molecule has 1 aromatic rings. The van der Waals surface area contributed by atoms with E-state index in [0.29, 0.717) is 31.7 Å². The van der Waals surface area contributed by atoms with E-state index in [9.17, 15) is 0 Å². The van der Waals surface area contributed by atoms with E-state index in [1.54, 1.807) is 12.5 Å². The highest BCUT2D eigenvalue weighted by atomic mass is 16.5. The quantitative estimate of drug-likeness (QED) is 0.710. The van der Waals surface area contributed by atoms with Gasteiger partial charge in [-0.3, -0.25) is 9.91 Å². The predicted molar refractivity (Wildman–Crippen MR) is 118 cm³/mol. The zero-order chi connectivity index (χ0) is 21.1. The molecular formula is C21H32N8O. The Morgan fingerprint density at radius 1 is 1.33 bits per heavy atom. The summed E-state index contributed by atoms with van der Waals surface area (Å²) in [6.45, 7) is 13.4. The van der Waals surface area contributed by atoms with Crippen LogP contribution in [0.3, 0.4) is 0 Å². The third-order valence-corrected chi connectivity index (χ3v) is 5.59. The summed E-state index contributed by atoms with van der Waals surface area (Å²) in [5.74, 6) is 2.06. The fraction of sp³-hybridized carbons (Fsp3) is 0.619. The molecule has 1 N–H and O–H groups in total. The molecule has 3 aliphatic heterocycles. The molecule has 162 valence electrons. The summed E-state index contributed by atoms with van der Waals surface area (Å²) >= 11 is 0. The Morgan fingerprint density at radius 2 is 2.20 bits per heavy atom. The van der Waals surface area contributed by atoms with Crippen LogP contribution < -0.4 is 10.2 Å². The molecule has 1 saturated heterocycles. The van der Waals surface area contributed by atoms with Gasteiger partial charge in [0, 0.05) is 38.5 Å². The molecule has 0 bridgehead atoms. The first-order chi connectivity index (χ1) is 14.6. The van der Waals surface area contributed by atoms with Gasteiger partial charge in [-0.2, -0.15) is 5.10 Å². The van der Waals surface area contributed by atoms with Crippen molar-refractivity contribution in [2.24, 2.45) is 16.0 Å². The Hall–Kier alpha value is -2.52. The van der Waals surface area contributed by atoms with Crippen molar-refractivity contribution in [1.29, 1.82) is 0 Å². The lowest BCUT2D eigenvalue weighted by molar-refractivity contribution is 0.126. The van der Waals surface area contributed by atoms with Crippen LogP contribution in [0.25, 0.3) is 0 Å². The van der Waals surface area contributed by atoms with Gasteiger partial charge in [-0.15, -0.1) is 0 Å². The van der Waals surface area contributed by atoms with Crippen LogP contribution in [0.4, 0.5) is 5.82 Å². The molecule has 1 fully saturated rings. The minimum absolute atomic E-state index is 0.0285. The van der Waals surface area contributed by atoms with E-state index >= 15 is 0 Å². The monoisotopic (exact) mass is 412 g/mol. The molecule has 0 aromatic carbocycles. The molecule has 9 nitrogen and oxygen atoms in total. The number of hydrogen-bond acceptors (Lipinski definition) is 9. The maximum absolute atomic E-state index is 5.59. The molecule has 9 heteroatoms. The lowest BCUT2D eigenvalue weighted by Gasteiger charge is -2.42. The lowest BCUT2D eigenvalue weighted by Crippen LogP contribution is -2.60. The number of nitrogens with one attached hydrogen (secondary N) is 1. The molecule has 1 unspecified atom stereocenters. The highest BCUT2D eigenvalue weighted by Crippen LogP contribution is 2.34. The summed E-state index contributed by atoms with van der Waals surface area (Å²) < 4.78 is 5.59.